The van der Waals surface area contributed by atoms with E-state index in [9.17, 15) is 4.79 Å². The van der Waals surface area contributed by atoms with Gasteiger partial charge in [0.2, 0.25) is 5.91 Å². The third-order valence-electron chi connectivity index (χ3n) is 5.93. The van der Waals surface area contributed by atoms with Gasteiger partial charge in [-0.25, -0.2) is 4.98 Å². The topological polar surface area (TPSA) is 48.5 Å². The number of benzene rings is 2. The number of para-hydroxylation sites is 1. The molecule has 2 fully saturated rings. The molecule has 2 aliphatic heterocycles. The van der Waals surface area contributed by atoms with Crippen LogP contribution in [0, 0.1) is 0 Å². The third kappa shape index (κ3) is 4.00. The number of fused-ring (bicyclic) bond motifs is 1. The summed E-state index contributed by atoms with van der Waals surface area (Å²) < 4.78 is 1.22. The Morgan fingerprint density at radius 1 is 1.03 bits per heavy atom. The van der Waals surface area contributed by atoms with Crippen LogP contribution < -0.4 is 10.2 Å². The number of amides is 1. The van der Waals surface area contributed by atoms with E-state index in [1.165, 1.54) is 23.2 Å². The number of hydrogen-bond donors (Lipinski definition) is 1. The standard InChI is InChI=1S/C23H26N4OS/c28-22(24-17-9-11-18(12-10-17)26-13-3-4-14-26)16-27-15-5-7-20(27)23-25-19-6-1-2-8-21(19)29-23/h1-2,6,8-12,20H,3-5,7,13-16H2,(H,24,28)/t20-/m0/s1. The molecular formula is C23H26N4OS. The van der Waals surface area contributed by atoms with Crippen LogP contribution in [0.3, 0.4) is 0 Å². The Morgan fingerprint density at radius 2 is 1.83 bits per heavy atom. The number of nitrogens with one attached hydrogen (secondary N) is 1. The quantitative estimate of drug-likeness (QED) is 0.669. The zero-order valence-corrected chi connectivity index (χ0v) is 17.3. The molecule has 0 aliphatic carbocycles. The van der Waals surface area contributed by atoms with Gasteiger partial charge in [-0.15, -0.1) is 11.3 Å². The monoisotopic (exact) mass is 406 g/mol. The van der Waals surface area contributed by atoms with Crippen molar-refractivity contribution in [3.63, 3.8) is 0 Å². The van der Waals surface area contributed by atoms with E-state index in [-0.39, 0.29) is 11.9 Å². The van der Waals surface area contributed by atoms with Crippen LogP contribution >= 0.6 is 11.3 Å². The summed E-state index contributed by atoms with van der Waals surface area (Å²) in [5.41, 5.74) is 3.17. The van der Waals surface area contributed by atoms with E-state index < -0.39 is 0 Å². The van der Waals surface area contributed by atoms with Crippen LogP contribution in [0.1, 0.15) is 36.7 Å². The average molecular weight is 407 g/mol. The molecule has 5 rings (SSSR count). The lowest BCUT2D eigenvalue weighted by molar-refractivity contribution is -0.117. The van der Waals surface area contributed by atoms with Gasteiger partial charge in [0.1, 0.15) is 5.01 Å². The Balaban J connectivity index is 1.22. The minimum absolute atomic E-state index is 0.0481. The van der Waals surface area contributed by atoms with Gasteiger partial charge in [-0.05, 0) is 68.6 Å². The Bertz CT molecular complexity index is 961. The Labute approximate surface area is 175 Å². The van der Waals surface area contributed by atoms with Gasteiger partial charge in [0, 0.05) is 24.5 Å². The highest BCUT2D eigenvalue weighted by molar-refractivity contribution is 7.18. The second kappa shape index (κ2) is 8.13. The van der Waals surface area contributed by atoms with Crippen LogP contribution in [0.15, 0.2) is 48.5 Å². The predicted octanol–water partition coefficient (Wildman–Crippen LogP) is 4.67. The maximum absolute atomic E-state index is 12.7. The number of carbonyl (C=O) groups is 1. The fraction of sp³-hybridized carbons (Fsp3) is 0.391. The number of likely N-dealkylation sites (tertiary alicyclic amines) is 1. The largest absolute Gasteiger partial charge is 0.372 e. The van der Waals surface area contributed by atoms with Gasteiger partial charge in [0.05, 0.1) is 22.8 Å². The van der Waals surface area contributed by atoms with Gasteiger partial charge in [-0.3, -0.25) is 9.69 Å². The summed E-state index contributed by atoms with van der Waals surface area (Å²) in [6.45, 7) is 3.62. The number of nitrogens with zero attached hydrogens (tertiary/aromatic N) is 3. The van der Waals surface area contributed by atoms with Gasteiger partial charge in [-0.2, -0.15) is 0 Å². The minimum Gasteiger partial charge on any atom is -0.372 e. The van der Waals surface area contributed by atoms with Crippen molar-refractivity contribution >= 4 is 38.8 Å². The highest BCUT2D eigenvalue weighted by atomic mass is 32.1. The van der Waals surface area contributed by atoms with E-state index in [0.717, 1.165) is 48.7 Å². The predicted molar refractivity (Wildman–Crippen MR) is 120 cm³/mol. The van der Waals surface area contributed by atoms with Crippen molar-refractivity contribution in [2.45, 2.75) is 31.7 Å². The highest BCUT2D eigenvalue weighted by Crippen LogP contribution is 2.36. The number of thiazole rings is 1. The van der Waals surface area contributed by atoms with Crippen molar-refractivity contribution in [3.8, 4) is 0 Å². The maximum Gasteiger partial charge on any atom is 0.238 e. The summed E-state index contributed by atoms with van der Waals surface area (Å²) in [5, 5.41) is 4.20. The van der Waals surface area contributed by atoms with E-state index >= 15 is 0 Å². The molecule has 0 saturated carbocycles. The molecule has 2 aliphatic rings. The normalized spacial score (nSPS) is 19.9. The summed E-state index contributed by atoms with van der Waals surface area (Å²) in [6.07, 6.45) is 4.71. The van der Waals surface area contributed by atoms with Crippen molar-refractivity contribution in [2.24, 2.45) is 0 Å². The maximum atomic E-state index is 12.7. The SMILES string of the molecule is O=C(CN1CCC[C@H]1c1nc2ccccc2s1)Nc1ccc(N2CCCC2)cc1. The zero-order chi connectivity index (χ0) is 19.6. The number of rotatable bonds is 5. The van der Waals surface area contributed by atoms with Crippen molar-refractivity contribution < 1.29 is 4.79 Å². The molecule has 6 heteroatoms. The number of aromatic nitrogens is 1. The van der Waals surface area contributed by atoms with Gasteiger partial charge in [0.15, 0.2) is 0 Å². The smallest absolute Gasteiger partial charge is 0.238 e. The Hall–Kier alpha value is -2.44. The van der Waals surface area contributed by atoms with Gasteiger partial charge >= 0.3 is 0 Å². The van der Waals surface area contributed by atoms with Crippen molar-refractivity contribution in [1.29, 1.82) is 0 Å². The molecule has 150 valence electrons. The molecule has 3 heterocycles. The fourth-order valence-electron chi connectivity index (χ4n) is 4.44. The fourth-order valence-corrected chi connectivity index (χ4v) is 5.58. The molecule has 0 bridgehead atoms. The average Bonchev–Trinajstić information content (AvgIpc) is 3.48. The summed E-state index contributed by atoms with van der Waals surface area (Å²) >= 11 is 1.75. The lowest BCUT2D eigenvalue weighted by atomic mass is 10.2. The van der Waals surface area contributed by atoms with Crippen molar-refractivity contribution in [2.75, 3.05) is 36.4 Å². The van der Waals surface area contributed by atoms with Gasteiger partial charge < -0.3 is 10.2 Å². The van der Waals surface area contributed by atoms with Crippen LogP contribution in [0.25, 0.3) is 10.2 Å². The summed E-state index contributed by atoms with van der Waals surface area (Å²) in [5.74, 6) is 0.0481. The van der Waals surface area contributed by atoms with Crippen LogP contribution in [0.2, 0.25) is 0 Å². The van der Waals surface area contributed by atoms with Crippen LogP contribution in [-0.2, 0) is 4.79 Å². The molecule has 1 N–H and O–H groups in total. The number of carbonyl (C=O) groups excluding carboxylic acids is 1. The van der Waals surface area contributed by atoms with E-state index in [1.54, 1.807) is 11.3 Å². The van der Waals surface area contributed by atoms with Gasteiger partial charge in [0.25, 0.3) is 0 Å². The van der Waals surface area contributed by atoms with E-state index in [0.29, 0.717) is 6.54 Å². The first-order valence-electron chi connectivity index (χ1n) is 10.5. The molecule has 29 heavy (non-hydrogen) atoms. The van der Waals surface area contributed by atoms with Crippen molar-refractivity contribution in [1.82, 2.24) is 9.88 Å². The molecule has 3 aromatic rings. The molecule has 2 aromatic carbocycles. The molecule has 0 spiro atoms. The summed E-state index contributed by atoms with van der Waals surface area (Å²) in [7, 11) is 0. The molecular weight excluding hydrogens is 380 g/mol. The van der Waals surface area contributed by atoms with Crippen LogP contribution in [0.5, 0.6) is 0 Å². The molecule has 0 radical (unpaired) electrons. The minimum atomic E-state index is 0.0481. The first-order valence-corrected chi connectivity index (χ1v) is 11.3. The molecule has 0 unspecified atom stereocenters. The molecule has 2 saturated heterocycles. The van der Waals surface area contributed by atoms with Crippen LogP contribution in [-0.4, -0.2) is 42.0 Å². The molecule has 1 amide bonds. The summed E-state index contributed by atoms with van der Waals surface area (Å²) in [4.78, 5) is 22.2. The zero-order valence-electron chi connectivity index (χ0n) is 16.5. The van der Waals surface area contributed by atoms with Crippen LogP contribution in [0.4, 0.5) is 11.4 Å². The molecule has 1 aromatic heterocycles. The Kier molecular flexibility index (Phi) is 5.21. The first kappa shape index (κ1) is 18.6. The number of anilines is 2. The third-order valence-corrected chi connectivity index (χ3v) is 7.07. The second-order valence-corrected chi connectivity index (χ2v) is 9.00. The lowest BCUT2D eigenvalue weighted by Crippen LogP contribution is -2.32. The summed E-state index contributed by atoms with van der Waals surface area (Å²) in [6, 6.07) is 16.8. The molecule has 1 atom stereocenters. The van der Waals surface area contributed by atoms with Gasteiger partial charge in [-0.1, -0.05) is 12.1 Å². The van der Waals surface area contributed by atoms with E-state index in [1.807, 2.05) is 18.2 Å². The second-order valence-electron chi connectivity index (χ2n) is 7.94. The number of hydrogen-bond acceptors (Lipinski definition) is 5. The lowest BCUT2D eigenvalue weighted by Gasteiger charge is -2.22. The highest BCUT2D eigenvalue weighted by Gasteiger charge is 2.30. The Morgan fingerprint density at radius 3 is 2.62 bits per heavy atom. The first-order chi connectivity index (χ1) is 14.3. The van der Waals surface area contributed by atoms with E-state index in [4.69, 9.17) is 4.98 Å². The molecule has 5 nitrogen and oxygen atoms in total. The van der Waals surface area contributed by atoms with Crippen molar-refractivity contribution in [3.05, 3.63) is 53.5 Å². The van der Waals surface area contributed by atoms with E-state index in [2.05, 4.69) is 45.4 Å².